The van der Waals surface area contributed by atoms with Gasteiger partial charge in [-0.15, -0.1) is 0 Å². The summed E-state index contributed by atoms with van der Waals surface area (Å²) in [5.41, 5.74) is 2.28. The molecule has 0 heterocycles. The van der Waals surface area contributed by atoms with Crippen molar-refractivity contribution in [1.29, 1.82) is 5.26 Å². The summed E-state index contributed by atoms with van der Waals surface area (Å²) in [6, 6.07) is 25.3. The second-order valence-electron chi connectivity index (χ2n) is 6.11. The van der Waals surface area contributed by atoms with Crippen molar-refractivity contribution in [2.24, 2.45) is 0 Å². The molecule has 0 aliphatic rings. The van der Waals surface area contributed by atoms with Gasteiger partial charge in [-0.2, -0.15) is 5.26 Å². The van der Waals surface area contributed by atoms with E-state index in [1.807, 2.05) is 24.3 Å². The lowest BCUT2D eigenvalue weighted by Gasteiger charge is -2.17. The van der Waals surface area contributed by atoms with Crippen LogP contribution in [-0.4, -0.2) is 6.61 Å². The summed E-state index contributed by atoms with van der Waals surface area (Å²) in [7, 11) is 0. The number of hydrogen-bond acceptors (Lipinski definition) is 3. The van der Waals surface area contributed by atoms with E-state index >= 15 is 0 Å². The third-order valence-corrected chi connectivity index (χ3v) is 4.19. The first kappa shape index (κ1) is 16.9. The monoisotopic (exact) mass is 330 g/mol. The van der Waals surface area contributed by atoms with Gasteiger partial charge in [0.15, 0.2) is 0 Å². The second-order valence-corrected chi connectivity index (χ2v) is 6.11. The number of rotatable bonds is 7. The lowest BCUT2D eigenvalue weighted by Crippen LogP contribution is -2.06. The minimum atomic E-state index is 0.193. The predicted molar refractivity (Wildman–Crippen MR) is 103 cm³/mol. The van der Waals surface area contributed by atoms with Crippen LogP contribution in [0.4, 0.5) is 5.69 Å². The van der Waals surface area contributed by atoms with Crippen LogP contribution in [0.5, 0.6) is 5.75 Å². The number of benzene rings is 3. The van der Waals surface area contributed by atoms with E-state index in [9.17, 15) is 0 Å². The van der Waals surface area contributed by atoms with E-state index < -0.39 is 0 Å². The van der Waals surface area contributed by atoms with E-state index in [2.05, 4.69) is 60.8 Å². The van der Waals surface area contributed by atoms with Crippen LogP contribution in [0.15, 0.2) is 66.7 Å². The molecule has 0 aliphatic carbocycles. The molecule has 0 amide bonds. The molecule has 25 heavy (non-hydrogen) atoms. The Hall–Kier alpha value is -2.99. The highest BCUT2D eigenvalue weighted by atomic mass is 16.5. The van der Waals surface area contributed by atoms with Crippen LogP contribution in [0.2, 0.25) is 0 Å². The first-order valence-corrected chi connectivity index (χ1v) is 8.61. The number of hydrogen-bond donors (Lipinski definition) is 1. The number of anilines is 1. The van der Waals surface area contributed by atoms with Gasteiger partial charge in [0.2, 0.25) is 0 Å². The lowest BCUT2D eigenvalue weighted by molar-refractivity contribution is 0.313. The largest absolute Gasteiger partial charge is 0.493 e. The molecule has 1 atom stereocenters. The highest BCUT2D eigenvalue weighted by molar-refractivity contribution is 5.83. The van der Waals surface area contributed by atoms with Gasteiger partial charge in [0.1, 0.15) is 5.75 Å². The van der Waals surface area contributed by atoms with Gasteiger partial charge in [0.05, 0.1) is 12.7 Å². The van der Waals surface area contributed by atoms with E-state index in [0.717, 1.165) is 17.9 Å². The molecule has 3 nitrogen and oxygen atoms in total. The van der Waals surface area contributed by atoms with Crippen molar-refractivity contribution < 1.29 is 4.74 Å². The molecule has 0 fully saturated rings. The fourth-order valence-corrected chi connectivity index (χ4v) is 2.83. The Balaban J connectivity index is 1.67. The molecule has 0 saturated heterocycles. The molecule has 0 spiro atoms. The smallest absolute Gasteiger partial charge is 0.121 e. The number of unbranched alkanes of at least 4 members (excludes halogenated alkanes) is 1. The Kier molecular flexibility index (Phi) is 5.53. The maximum absolute atomic E-state index is 8.57. The second kappa shape index (κ2) is 8.21. The molecule has 126 valence electrons. The zero-order chi connectivity index (χ0) is 17.5. The molecule has 3 rings (SSSR count). The summed E-state index contributed by atoms with van der Waals surface area (Å²) in [4.78, 5) is 0. The minimum absolute atomic E-state index is 0.193. The van der Waals surface area contributed by atoms with Crippen LogP contribution in [0, 0.1) is 11.3 Å². The van der Waals surface area contributed by atoms with Gasteiger partial charge >= 0.3 is 0 Å². The summed E-state index contributed by atoms with van der Waals surface area (Å²) in [6.07, 6.45) is 1.28. The molecular formula is C22H22N2O. The van der Waals surface area contributed by atoms with Gasteiger partial charge in [0.25, 0.3) is 0 Å². The van der Waals surface area contributed by atoms with Crippen LogP contribution in [0.25, 0.3) is 10.8 Å². The maximum atomic E-state index is 8.57. The summed E-state index contributed by atoms with van der Waals surface area (Å²) >= 11 is 0. The Labute approximate surface area is 148 Å². The summed E-state index contributed by atoms with van der Waals surface area (Å²) in [5.74, 6) is 0.827. The number of nitrogens with one attached hydrogen (secondary N) is 1. The number of ether oxygens (including phenoxy) is 1. The zero-order valence-electron chi connectivity index (χ0n) is 14.4. The maximum Gasteiger partial charge on any atom is 0.121 e. The molecule has 3 aromatic rings. The fourth-order valence-electron chi connectivity index (χ4n) is 2.83. The molecule has 1 N–H and O–H groups in total. The third-order valence-electron chi connectivity index (χ3n) is 4.19. The first-order valence-electron chi connectivity index (χ1n) is 8.61. The topological polar surface area (TPSA) is 45.0 Å². The van der Waals surface area contributed by atoms with Gasteiger partial charge in [-0.05, 0) is 47.9 Å². The Morgan fingerprint density at radius 1 is 1.00 bits per heavy atom. The zero-order valence-corrected chi connectivity index (χ0v) is 14.4. The average Bonchev–Trinajstić information content (AvgIpc) is 2.65. The normalized spacial score (nSPS) is 11.7. The van der Waals surface area contributed by atoms with Crippen LogP contribution < -0.4 is 10.1 Å². The molecule has 1 unspecified atom stereocenters. The van der Waals surface area contributed by atoms with Gasteiger partial charge in [-0.3, -0.25) is 0 Å². The van der Waals surface area contributed by atoms with E-state index in [1.54, 1.807) is 0 Å². The van der Waals surface area contributed by atoms with Gasteiger partial charge in [-0.1, -0.05) is 42.5 Å². The molecule has 0 saturated carbocycles. The SMILES string of the molecule is CC(Nc1cccc(OCCCC#N)c1)c1ccc2ccccc2c1. The summed E-state index contributed by atoms with van der Waals surface area (Å²) < 4.78 is 5.70. The highest BCUT2D eigenvalue weighted by Crippen LogP contribution is 2.25. The van der Waals surface area contributed by atoms with Gasteiger partial charge in [0, 0.05) is 24.2 Å². The summed E-state index contributed by atoms with van der Waals surface area (Å²) in [5, 5.41) is 14.6. The van der Waals surface area contributed by atoms with E-state index in [-0.39, 0.29) is 6.04 Å². The summed E-state index contributed by atoms with van der Waals surface area (Å²) in [6.45, 7) is 2.72. The van der Waals surface area contributed by atoms with Crippen LogP contribution in [0.3, 0.4) is 0 Å². The van der Waals surface area contributed by atoms with Crippen LogP contribution in [-0.2, 0) is 0 Å². The Morgan fingerprint density at radius 3 is 2.68 bits per heavy atom. The quantitative estimate of drug-likeness (QED) is 0.566. The van der Waals surface area contributed by atoms with Crippen molar-refractivity contribution >= 4 is 16.5 Å². The molecular weight excluding hydrogens is 308 g/mol. The van der Waals surface area contributed by atoms with Crippen molar-refractivity contribution in [3.63, 3.8) is 0 Å². The van der Waals surface area contributed by atoms with Crippen LogP contribution in [0.1, 0.15) is 31.4 Å². The lowest BCUT2D eigenvalue weighted by atomic mass is 10.0. The molecule has 0 bridgehead atoms. The Morgan fingerprint density at radius 2 is 1.84 bits per heavy atom. The number of nitriles is 1. The molecule has 0 radical (unpaired) electrons. The predicted octanol–water partition coefficient (Wildman–Crippen LogP) is 5.70. The number of nitrogens with zero attached hydrogens (tertiary/aromatic N) is 1. The van der Waals surface area contributed by atoms with Crippen LogP contribution >= 0.6 is 0 Å². The van der Waals surface area contributed by atoms with Crippen molar-refractivity contribution in [2.45, 2.75) is 25.8 Å². The molecule has 0 aromatic heterocycles. The van der Waals surface area contributed by atoms with Crippen molar-refractivity contribution in [1.82, 2.24) is 0 Å². The van der Waals surface area contributed by atoms with Gasteiger partial charge < -0.3 is 10.1 Å². The van der Waals surface area contributed by atoms with Crippen molar-refractivity contribution in [3.8, 4) is 11.8 Å². The van der Waals surface area contributed by atoms with Crippen molar-refractivity contribution in [3.05, 3.63) is 72.3 Å². The standard InChI is InChI=1S/C22H22N2O/c1-17(19-12-11-18-7-2-3-8-20(18)15-19)24-21-9-6-10-22(16-21)25-14-5-4-13-23/h2-3,6-12,15-17,24H,4-5,14H2,1H3. The van der Waals surface area contributed by atoms with E-state index in [4.69, 9.17) is 10.00 Å². The molecule has 3 aromatic carbocycles. The fraction of sp³-hybridized carbons (Fsp3) is 0.227. The Bertz CT molecular complexity index is 882. The molecule has 3 heteroatoms. The number of fused-ring (bicyclic) bond motifs is 1. The van der Waals surface area contributed by atoms with Crippen molar-refractivity contribution in [2.75, 3.05) is 11.9 Å². The average molecular weight is 330 g/mol. The van der Waals surface area contributed by atoms with E-state index in [1.165, 1.54) is 16.3 Å². The highest BCUT2D eigenvalue weighted by Gasteiger charge is 2.07. The third kappa shape index (κ3) is 4.51. The first-order chi connectivity index (χ1) is 12.3. The minimum Gasteiger partial charge on any atom is -0.493 e. The van der Waals surface area contributed by atoms with Gasteiger partial charge in [-0.25, -0.2) is 0 Å². The molecule has 0 aliphatic heterocycles. The van der Waals surface area contributed by atoms with E-state index in [0.29, 0.717) is 13.0 Å².